The lowest BCUT2D eigenvalue weighted by Crippen LogP contribution is -2.12. The van der Waals surface area contributed by atoms with Gasteiger partial charge in [-0.25, -0.2) is 9.97 Å². The molecule has 94 valence electrons. The highest BCUT2D eigenvalue weighted by molar-refractivity contribution is 9.10. The fraction of sp³-hybridized carbons (Fsp3) is 0.231. The molecule has 4 nitrogen and oxygen atoms in total. The van der Waals surface area contributed by atoms with Crippen molar-refractivity contribution in [1.29, 1.82) is 0 Å². The Kier molecular flexibility index (Phi) is 4.66. The average Bonchev–Trinajstić information content (AvgIpc) is 2.38. The fourth-order valence-corrected chi connectivity index (χ4v) is 1.77. The first kappa shape index (κ1) is 13.0. The summed E-state index contributed by atoms with van der Waals surface area (Å²) in [6.07, 6.45) is 3.53. The molecule has 0 aliphatic rings. The second-order valence-corrected chi connectivity index (χ2v) is 4.63. The Bertz CT molecular complexity index is 502. The van der Waals surface area contributed by atoms with E-state index in [1.165, 1.54) is 0 Å². The number of nitrogens with one attached hydrogen (secondary N) is 1. The van der Waals surface area contributed by atoms with Gasteiger partial charge < -0.3 is 10.1 Å². The predicted molar refractivity (Wildman–Crippen MR) is 73.6 cm³/mol. The highest BCUT2D eigenvalue weighted by Crippen LogP contribution is 2.21. The molecule has 0 atom stereocenters. The summed E-state index contributed by atoms with van der Waals surface area (Å²) in [5.74, 6) is 0.712. The number of halogens is 1. The van der Waals surface area contributed by atoms with Crippen molar-refractivity contribution in [3.63, 3.8) is 0 Å². The lowest BCUT2D eigenvalue weighted by molar-refractivity contribution is 0.440. The Morgan fingerprint density at radius 3 is 2.72 bits per heavy atom. The van der Waals surface area contributed by atoms with Crippen LogP contribution >= 0.6 is 15.9 Å². The van der Waals surface area contributed by atoms with Gasteiger partial charge in [0.2, 0.25) is 0 Å². The third kappa shape index (κ3) is 3.78. The van der Waals surface area contributed by atoms with Crippen molar-refractivity contribution in [3.05, 3.63) is 46.7 Å². The van der Waals surface area contributed by atoms with E-state index < -0.39 is 0 Å². The summed E-state index contributed by atoms with van der Waals surface area (Å²) < 4.78 is 6.51. The van der Waals surface area contributed by atoms with Crippen LogP contribution < -0.4 is 10.1 Å². The van der Waals surface area contributed by atoms with Crippen molar-refractivity contribution in [2.75, 3.05) is 6.54 Å². The second-order valence-electron chi connectivity index (χ2n) is 3.71. The minimum atomic E-state index is 0.355. The first-order chi connectivity index (χ1) is 8.78. The molecule has 0 saturated heterocycles. The molecular formula is C13H14BrN3O. The smallest absolute Gasteiger partial charge is 0.321 e. The van der Waals surface area contributed by atoms with Crippen molar-refractivity contribution < 1.29 is 4.74 Å². The maximum absolute atomic E-state index is 5.55. The molecule has 0 bridgehead atoms. The van der Waals surface area contributed by atoms with Crippen LogP contribution in [0, 0.1) is 0 Å². The summed E-state index contributed by atoms with van der Waals surface area (Å²) in [4.78, 5) is 8.34. The molecule has 0 fully saturated rings. The largest absolute Gasteiger partial charge is 0.424 e. The molecule has 2 rings (SSSR count). The number of aromatic nitrogens is 2. The Morgan fingerprint density at radius 2 is 2.06 bits per heavy atom. The molecule has 0 aliphatic heterocycles. The summed E-state index contributed by atoms with van der Waals surface area (Å²) in [6, 6.07) is 7.93. The summed E-state index contributed by atoms with van der Waals surface area (Å²) >= 11 is 3.39. The number of hydrogen-bond acceptors (Lipinski definition) is 4. The van der Waals surface area contributed by atoms with Gasteiger partial charge in [-0.05, 0) is 24.7 Å². The average molecular weight is 308 g/mol. The molecule has 1 aromatic heterocycles. The Hall–Kier alpha value is -1.46. The number of nitrogens with zero attached hydrogens (tertiary/aromatic N) is 2. The van der Waals surface area contributed by atoms with E-state index >= 15 is 0 Å². The molecule has 1 heterocycles. The van der Waals surface area contributed by atoms with Gasteiger partial charge in [0, 0.05) is 29.0 Å². The molecule has 2 aromatic rings. The topological polar surface area (TPSA) is 47.0 Å². The van der Waals surface area contributed by atoms with Crippen LogP contribution in [-0.2, 0) is 6.54 Å². The van der Waals surface area contributed by atoms with Crippen molar-refractivity contribution in [2.45, 2.75) is 13.5 Å². The number of hydrogen-bond donors (Lipinski definition) is 1. The van der Waals surface area contributed by atoms with Crippen LogP contribution in [0.2, 0.25) is 0 Å². The van der Waals surface area contributed by atoms with E-state index in [0.29, 0.717) is 11.8 Å². The molecule has 0 spiro atoms. The number of ether oxygens (including phenoxy) is 1. The SMILES string of the molecule is CCNCc1cnc(Oc2cccc(Br)c2)nc1. The van der Waals surface area contributed by atoms with Crippen molar-refractivity contribution in [1.82, 2.24) is 15.3 Å². The Balaban J connectivity index is 2.02. The molecule has 0 amide bonds. The van der Waals surface area contributed by atoms with Crippen LogP contribution in [0.25, 0.3) is 0 Å². The van der Waals surface area contributed by atoms with Crippen LogP contribution in [-0.4, -0.2) is 16.5 Å². The highest BCUT2D eigenvalue weighted by atomic mass is 79.9. The summed E-state index contributed by atoms with van der Waals surface area (Å²) in [6.45, 7) is 3.76. The van der Waals surface area contributed by atoms with Gasteiger partial charge >= 0.3 is 6.01 Å². The summed E-state index contributed by atoms with van der Waals surface area (Å²) in [5, 5.41) is 3.21. The Labute approximate surface area is 115 Å². The normalized spacial score (nSPS) is 10.3. The lowest BCUT2D eigenvalue weighted by atomic mass is 10.3. The minimum Gasteiger partial charge on any atom is -0.424 e. The Morgan fingerprint density at radius 1 is 1.28 bits per heavy atom. The van der Waals surface area contributed by atoms with E-state index in [1.54, 1.807) is 12.4 Å². The standard InChI is InChI=1S/C13H14BrN3O/c1-2-15-7-10-8-16-13(17-9-10)18-12-5-3-4-11(14)6-12/h3-6,8-9,15H,2,7H2,1H3. The lowest BCUT2D eigenvalue weighted by Gasteiger charge is -2.05. The van der Waals surface area contributed by atoms with E-state index in [4.69, 9.17) is 4.74 Å². The van der Waals surface area contributed by atoms with Gasteiger partial charge in [-0.2, -0.15) is 0 Å². The first-order valence-corrected chi connectivity index (χ1v) is 6.52. The van der Waals surface area contributed by atoms with Crippen molar-refractivity contribution >= 4 is 15.9 Å². The molecule has 0 radical (unpaired) electrons. The molecule has 5 heteroatoms. The predicted octanol–water partition coefficient (Wildman–Crippen LogP) is 3.14. The number of benzene rings is 1. The maximum Gasteiger partial charge on any atom is 0.321 e. The van der Waals surface area contributed by atoms with E-state index in [1.807, 2.05) is 24.3 Å². The third-order valence-electron chi connectivity index (χ3n) is 2.27. The van der Waals surface area contributed by atoms with Crippen LogP contribution in [0.1, 0.15) is 12.5 Å². The van der Waals surface area contributed by atoms with Crippen molar-refractivity contribution in [2.24, 2.45) is 0 Å². The second kappa shape index (κ2) is 6.47. The first-order valence-electron chi connectivity index (χ1n) is 5.73. The van der Waals surface area contributed by atoms with Crippen LogP contribution in [0.3, 0.4) is 0 Å². The van der Waals surface area contributed by atoms with E-state index in [0.717, 1.165) is 23.1 Å². The van der Waals surface area contributed by atoms with Crippen LogP contribution in [0.5, 0.6) is 11.8 Å². The molecule has 0 aliphatic carbocycles. The van der Waals surface area contributed by atoms with Crippen LogP contribution in [0.4, 0.5) is 0 Å². The molecule has 0 unspecified atom stereocenters. The van der Waals surface area contributed by atoms with Gasteiger partial charge in [-0.1, -0.05) is 28.9 Å². The van der Waals surface area contributed by atoms with E-state index in [-0.39, 0.29) is 0 Å². The molecule has 1 aromatic carbocycles. The monoisotopic (exact) mass is 307 g/mol. The summed E-state index contributed by atoms with van der Waals surface area (Å²) in [7, 11) is 0. The zero-order chi connectivity index (χ0) is 12.8. The molecule has 1 N–H and O–H groups in total. The van der Waals surface area contributed by atoms with Gasteiger partial charge in [0.25, 0.3) is 0 Å². The number of rotatable bonds is 5. The molecule has 0 saturated carbocycles. The fourth-order valence-electron chi connectivity index (χ4n) is 1.39. The van der Waals surface area contributed by atoms with Gasteiger partial charge in [0.15, 0.2) is 0 Å². The van der Waals surface area contributed by atoms with Crippen LogP contribution in [0.15, 0.2) is 41.1 Å². The molecular weight excluding hydrogens is 294 g/mol. The van der Waals surface area contributed by atoms with E-state index in [9.17, 15) is 0 Å². The highest BCUT2D eigenvalue weighted by Gasteiger charge is 2.01. The zero-order valence-electron chi connectivity index (χ0n) is 10.1. The summed E-state index contributed by atoms with van der Waals surface area (Å²) in [5.41, 5.74) is 1.04. The van der Waals surface area contributed by atoms with E-state index in [2.05, 4.69) is 38.1 Å². The van der Waals surface area contributed by atoms with Gasteiger partial charge in [-0.3, -0.25) is 0 Å². The third-order valence-corrected chi connectivity index (χ3v) is 2.76. The quantitative estimate of drug-likeness (QED) is 0.922. The molecule has 18 heavy (non-hydrogen) atoms. The van der Waals surface area contributed by atoms with Gasteiger partial charge in [0.05, 0.1) is 0 Å². The zero-order valence-corrected chi connectivity index (χ0v) is 11.6. The van der Waals surface area contributed by atoms with Gasteiger partial charge in [0.1, 0.15) is 5.75 Å². The van der Waals surface area contributed by atoms with Crippen molar-refractivity contribution in [3.8, 4) is 11.8 Å². The van der Waals surface area contributed by atoms with Gasteiger partial charge in [-0.15, -0.1) is 0 Å². The minimum absolute atomic E-state index is 0.355. The maximum atomic E-state index is 5.55.